The van der Waals surface area contributed by atoms with Crippen LogP contribution < -0.4 is 0 Å². The van der Waals surface area contributed by atoms with Gasteiger partial charge in [0.2, 0.25) is 0 Å². The predicted molar refractivity (Wildman–Crippen MR) is 110 cm³/mol. The molecule has 0 aliphatic heterocycles. The molecule has 0 radical (unpaired) electrons. The molecule has 0 amide bonds. The quantitative estimate of drug-likeness (QED) is 0.504. The maximum Gasteiger partial charge on any atom is 0.0406 e. The van der Waals surface area contributed by atoms with E-state index in [2.05, 4.69) is 39.8 Å². The van der Waals surface area contributed by atoms with Crippen LogP contribution in [0.25, 0.3) is 0 Å². The van der Waals surface area contributed by atoms with Crippen molar-refractivity contribution >= 4 is 11.6 Å². The summed E-state index contributed by atoms with van der Waals surface area (Å²) in [6.07, 6.45) is 7.46. The molecule has 0 spiro atoms. The van der Waals surface area contributed by atoms with E-state index in [-0.39, 0.29) is 0 Å². The Bertz CT molecular complexity index is 331. The lowest BCUT2D eigenvalue weighted by Crippen LogP contribution is -2.12. The fourth-order valence-corrected chi connectivity index (χ4v) is 2.77. The Labute approximate surface area is 152 Å². The van der Waals surface area contributed by atoms with E-state index in [0.29, 0.717) is 5.92 Å². The summed E-state index contributed by atoms with van der Waals surface area (Å²) in [7, 11) is 0. The van der Waals surface area contributed by atoms with Crippen LogP contribution in [0.1, 0.15) is 99.0 Å². The first kappa shape index (κ1) is 24.8. The highest BCUT2D eigenvalue weighted by molar-refractivity contribution is 6.30. The molecule has 0 saturated heterocycles. The number of benzene rings is 1. The molecular weight excluding hydrogens is 300 g/mol. The highest BCUT2D eigenvalue weighted by Gasteiger charge is 2.15. The standard InChI is InChI=1S/C9H11Cl.C9H18.2C2H6/c1-7(2)8-3-5-9(10)6-4-8;1-8(2)9-6-4-3-5-7-9;2*1-2/h3-7H,1-2H3;8-9H,3-7H2,1-2H3;2*1-2H3. The van der Waals surface area contributed by atoms with Gasteiger partial charge in [-0.3, -0.25) is 0 Å². The zero-order chi connectivity index (χ0) is 18.3. The summed E-state index contributed by atoms with van der Waals surface area (Å²) >= 11 is 5.72. The molecule has 0 heterocycles. The van der Waals surface area contributed by atoms with Gasteiger partial charge >= 0.3 is 0 Å². The molecule has 1 aliphatic carbocycles. The van der Waals surface area contributed by atoms with E-state index in [1.54, 1.807) is 0 Å². The number of halogens is 1. The van der Waals surface area contributed by atoms with E-state index in [0.717, 1.165) is 16.9 Å². The molecule has 1 aromatic carbocycles. The van der Waals surface area contributed by atoms with Crippen molar-refractivity contribution in [3.8, 4) is 0 Å². The van der Waals surface area contributed by atoms with Crippen LogP contribution in [0, 0.1) is 11.8 Å². The van der Waals surface area contributed by atoms with E-state index in [9.17, 15) is 0 Å². The predicted octanol–water partition coefficient (Wildman–Crippen LogP) is 8.74. The average Bonchev–Trinajstić information content (AvgIpc) is 2.60. The highest BCUT2D eigenvalue weighted by Crippen LogP contribution is 2.29. The summed E-state index contributed by atoms with van der Waals surface area (Å²) in [6, 6.07) is 7.98. The fourth-order valence-electron chi connectivity index (χ4n) is 2.65. The third-order valence-electron chi connectivity index (χ3n) is 4.13. The first-order valence-corrected chi connectivity index (χ1v) is 10.1. The first-order valence-electron chi connectivity index (χ1n) is 9.76. The molecule has 0 N–H and O–H groups in total. The molecular formula is C22H41Cl. The van der Waals surface area contributed by atoms with Gasteiger partial charge in [-0.25, -0.2) is 0 Å². The van der Waals surface area contributed by atoms with Gasteiger partial charge in [0.1, 0.15) is 0 Å². The lowest BCUT2D eigenvalue weighted by molar-refractivity contribution is 0.279. The molecule has 1 heteroatoms. The molecule has 1 saturated carbocycles. The maximum atomic E-state index is 5.72. The summed E-state index contributed by atoms with van der Waals surface area (Å²) in [4.78, 5) is 0. The Morgan fingerprint density at radius 2 is 1.22 bits per heavy atom. The molecule has 2 rings (SSSR count). The molecule has 1 aromatic rings. The van der Waals surface area contributed by atoms with Crippen molar-refractivity contribution in [1.29, 1.82) is 0 Å². The van der Waals surface area contributed by atoms with Gasteiger partial charge in [-0.15, -0.1) is 0 Å². The second-order valence-electron chi connectivity index (χ2n) is 6.35. The van der Waals surface area contributed by atoms with Crippen LogP contribution in [0.5, 0.6) is 0 Å². The van der Waals surface area contributed by atoms with Gasteiger partial charge in [0.05, 0.1) is 0 Å². The van der Waals surface area contributed by atoms with Crippen LogP contribution in [-0.2, 0) is 0 Å². The Morgan fingerprint density at radius 3 is 1.52 bits per heavy atom. The molecule has 0 nitrogen and oxygen atoms in total. The van der Waals surface area contributed by atoms with Crippen LogP contribution in [-0.4, -0.2) is 0 Å². The number of rotatable bonds is 2. The molecule has 136 valence electrons. The summed E-state index contributed by atoms with van der Waals surface area (Å²) in [5.74, 6) is 2.58. The third-order valence-corrected chi connectivity index (χ3v) is 4.38. The largest absolute Gasteiger partial charge is 0.0843 e. The third kappa shape index (κ3) is 12.6. The number of hydrogen-bond donors (Lipinski definition) is 0. The lowest BCUT2D eigenvalue weighted by atomic mass is 9.82. The maximum absolute atomic E-state index is 5.72. The van der Waals surface area contributed by atoms with Crippen molar-refractivity contribution in [3.63, 3.8) is 0 Å². The van der Waals surface area contributed by atoms with Crippen LogP contribution >= 0.6 is 11.6 Å². The van der Waals surface area contributed by atoms with E-state index in [4.69, 9.17) is 11.6 Å². The molecule has 0 aromatic heterocycles. The van der Waals surface area contributed by atoms with Crippen molar-refractivity contribution < 1.29 is 0 Å². The van der Waals surface area contributed by atoms with E-state index < -0.39 is 0 Å². The van der Waals surface area contributed by atoms with Gasteiger partial charge in [-0.1, -0.05) is 111 Å². The summed E-state index contributed by atoms with van der Waals surface area (Å²) in [5.41, 5.74) is 1.34. The van der Waals surface area contributed by atoms with E-state index in [1.807, 2.05) is 39.8 Å². The molecule has 23 heavy (non-hydrogen) atoms. The van der Waals surface area contributed by atoms with Crippen LogP contribution in [0.3, 0.4) is 0 Å². The minimum Gasteiger partial charge on any atom is -0.0843 e. The van der Waals surface area contributed by atoms with E-state index >= 15 is 0 Å². The van der Waals surface area contributed by atoms with Crippen LogP contribution in [0.4, 0.5) is 0 Å². The number of hydrogen-bond acceptors (Lipinski definition) is 0. The van der Waals surface area contributed by atoms with Crippen molar-refractivity contribution in [2.24, 2.45) is 11.8 Å². The minimum atomic E-state index is 0.595. The zero-order valence-corrected chi connectivity index (χ0v) is 17.7. The van der Waals surface area contributed by atoms with Crippen molar-refractivity contribution in [2.75, 3.05) is 0 Å². The monoisotopic (exact) mass is 340 g/mol. The van der Waals surface area contributed by atoms with Gasteiger partial charge in [-0.05, 0) is 35.4 Å². The van der Waals surface area contributed by atoms with Crippen molar-refractivity contribution in [2.45, 2.75) is 93.4 Å². The van der Waals surface area contributed by atoms with Gasteiger partial charge in [-0.2, -0.15) is 0 Å². The van der Waals surface area contributed by atoms with Crippen molar-refractivity contribution in [1.82, 2.24) is 0 Å². The summed E-state index contributed by atoms with van der Waals surface area (Å²) < 4.78 is 0. The molecule has 0 atom stereocenters. The minimum absolute atomic E-state index is 0.595. The Morgan fingerprint density at radius 1 is 0.783 bits per heavy atom. The topological polar surface area (TPSA) is 0 Å². The van der Waals surface area contributed by atoms with Crippen LogP contribution in [0.2, 0.25) is 5.02 Å². The summed E-state index contributed by atoms with van der Waals surface area (Å²) in [6.45, 7) is 17.1. The van der Waals surface area contributed by atoms with Crippen LogP contribution in [0.15, 0.2) is 24.3 Å². The molecule has 1 aliphatic rings. The Hall–Kier alpha value is -0.490. The van der Waals surface area contributed by atoms with Gasteiger partial charge < -0.3 is 0 Å². The Balaban J connectivity index is 0. The van der Waals surface area contributed by atoms with Gasteiger partial charge in [0, 0.05) is 5.02 Å². The first-order chi connectivity index (χ1) is 11.0. The summed E-state index contributed by atoms with van der Waals surface area (Å²) in [5, 5.41) is 0.810. The second-order valence-corrected chi connectivity index (χ2v) is 6.78. The Kier molecular flexibility index (Phi) is 17.6. The molecule has 1 fully saturated rings. The smallest absolute Gasteiger partial charge is 0.0406 e. The normalized spacial score (nSPS) is 14.0. The SMILES string of the molecule is CC.CC.CC(C)C1CCCCC1.CC(C)c1ccc(Cl)cc1. The second kappa shape index (κ2) is 16.4. The average molecular weight is 341 g/mol. The lowest BCUT2D eigenvalue weighted by Gasteiger charge is -2.24. The highest BCUT2D eigenvalue weighted by atomic mass is 35.5. The fraction of sp³-hybridized carbons (Fsp3) is 0.727. The van der Waals surface area contributed by atoms with Gasteiger partial charge in [0.25, 0.3) is 0 Å². The molecule has 0 unspecified atom stereocenters. The zero-order valence-electron chi connectivity index (χ0n) is 17.0. The van der Waals surface area contributed by atoms with Gasteiger partial charge in [0.15, 0.2) is 0 Å². The van der Waals surface area contributed by atoms with E-state index in [1.165, 1.54) is 37.7 Å². The molecule has 0 bridgehead atoms. The van der Waals surface area contributed by atoms with Crippen molar-refractivity contribution in [3.05, 3.63) is 34.9 Å².